The third kappa shape index (κ3) is 2.70. The van der Waals surface area contributed by atoms with Gasteiger partial charge in [0.25, 0.3) is 0 Å². The van der Waals surface area contributed by atoms with Crippen molar-refractivity contribution in [3.63, 3.8) is 0 Å². The van der Waals surface area contributed by atoms with Crippen LogP contribution in [0.1, 0.15) is 25.6 Å². The van der Waals surface area contributed by atoms with Crippen LogP contribution < -0.4 is 4.74 Å². The highest BCUT2D eigenvalue weighted by atomic mass is 19.1. The SMILES string of the molecule is CC(C)Oc1ccccc1C(F)CO. The van der Waals surface area contributed by atoms with Crippen LogP contribution in [0.15, 0.2) is 24.3 Å². The van der Waals surface area contributed by atoms with E-state index < -0.39 is 12.8 Å². The maximum absolute atomic E-state index is 13.2. The predicted molar refractivity (Wildman–Crippen MR) is 53.1 cm³/mol. The van der Waals surface area contributed by atoms with Crippen molar-refractivity contribution in [2.24, 2.45) is 0 Å². The van der Waals surface area contributed by atoms with Crippen molar-refractivity contribution in [3.05, 3.63) is 29.8 Å². The Balaban J connectivity index is 2.91. The molecule has 0 spiro atoms. The van der Waals surface area contributed by atoms with Gasteiger partial charge in [-0.25, -0.2) is 4.39 Å². The summed E-state index contributed by atoms with van der Waals surface area (Å²) in [5.41, 5.74) is 0.406. The summed E-state index contributed by atoms with van der Waals surface area (Å²) < 4.78 is 18.7. The first kappa shape index (κ1) is 11.0. The second kappa shape index (κ2) is 4.96. The maximum Gasteiger partial charge on any atom is 0.152 e. The van der Waals surface area contributed by atoms with Crippen LogP contribution in [0.3, 0.4) is 0 Å². The van der Waals surface area contributed by atoms with Gasteiger partial charge < -0.3 is 9.84 Å². The van der Waals surface area contributed by atoms with Crippen LogP contribution in [0, 0.1) is 0 Å². The maximum atomic E-state index is 13.2. The van der Waals surface area contributed by atoms with Crippen LogP contribution in [-0.4, -0.2) is 17.8 Å². The van der Waals surface area contributed by atoms with E-state index in [0.717, 1.165) is 0 Å². The van der Waals surface area contributed by atoms with Crippen molar-refractivity contribution in [2.75, 3.05) is 6.61 Å². The minimum Gasteiger partial charge on any atom is -0.491 e. The molecule has 1 aromatic carbocycles. The lowest BCUT2D eigenvalue weighted by atomic mass is 10.1. The summed E-state index contributed by atoms with van der Waals surface area (Å²) in [6.07, 6.45) is -1.37. The zero-order chi connectivity index (χ0) is 10.6. The van der Waals surface area contributed by atoms with Crippen molar-refractivity contribution in [2.45, 2.75) is 26.1 Å². The highest BCUT2D eigenvalue weighted by Crippen LogP contribution is 2.27. The summed E-state index contributed by atoms with van der Waals surface area (Å²) >= 11 is 0. The fourth-order valence-electron chi connectivity index (χ4n) is 1.20. The molecule has 0 aliphatic heterocycles. The lowest BCUT2D eigenvalue weighted by Crippen LogP contribution is -2.09. The molecule has 1 unspecified atom stereocenters. The van der Waals surface area contributed by atoms with Crippen LogP contribution in [0.4, 0.5) is 4.39 Å². The number of para-hydroxylation sites is 1. The Morgan fingerprint density at radius 3 is 2.57 bits per heavy atom. The van der Waals surface area contributed by atoms with Gasteiger partial charge in [0.05, 0.1) is 12.7 Å². The monoisotopic (exact) mass is 198 g/mol. The van der Waals surface area contributed by atoms with Crippen LogP contribution in [0.25, 0.3) is 0 Å². The summed E-state index contributed by atoms with van der Waals surface area (Å²) in [7, 11) is 0. The molecule has 1 aromatic rings. The highest BCUT2D eigenvalue weighted by Gasteiger charge is 2.14. The molecule has 14 heavy (non-hydrogen) atoms. The molecule has 0 aliphatic rings. The molecule has 1 atom stereocenters. The Labute approximate surface area is 83.3 Å². The molecule has 1 N–H and O–H groups in total. The lowest BCUT2D eigenvalue weighted by molar-refractivity contribution is 0.170. The van der Waals surface area contributed by atoms with E-state index in [9.17, 15) is 4.39 Å². The summed E-state index contributed by atoms with van der Waals surface area (Å²) in [6, 6.07) is 6.84. The van der Waals surface area contributed by atoms with Crippen molar-refractivity contribution in [1.29, 1.82) is 0 Å². The Kier molecular flexibility index (Phi) is 3.89. The second-order valence-electron chi connectivity index (χ2n) is 3.35. The molecule has 0 aliphatic carbocycles. The van der Waals surface area contributed by atoms with Crippen LogP contribution in [0.5, 0.6) is 5.75 Å². The summed E-state index contributed by atoms with van der Waals surface area (Å²) in [5, 5.41) is 8.72. The molecule has 0 bridgehead atoms. The van der Waals surface area contributed by atoms with E-state index in [1.165, 1.54) is 0 Å². The van der Waals surface area contributed by atoms with Gasteiger partial charge >= 0.3 is 0 Å². The average Bonchev–Trinajstić information content (AvgIpc) is 2.16. The predicted octanol–water partition coefficient (Wildman–Crippen LogP) is 2.48. The summed E-state index contributed by atoms with van der Waals surface area (Å²) in [6.45, 7) is 3.24. The molecule has 0 saturated carbocycles. The topological polar surface area (TPSA) is 29.5 Å². The Morgan fingerprint density at radius 1 is 1.36 bits per heavy atom. The molecule has 3 heteroatoms. The quantitative estimate of drug-likeness (QED) is 0.805. The van der Waals surface area contributed by atoms with E-state index in [1.54, 1.807) is 24.3 Å². The fourth-order valence-corrected chi connectivity index (χ4v) is 1.20. The zero-order valence-corrected chi connectivity index (χ0v) is 8.40. The molecule has 0 amide bonds. The van der Waals surface area contributed by atoms with Gasteiger partial charge in [-0.15, -0.1) is 0 Å². The minimum atomic E-state index is -1.37. The van der Waals surface area contributed by atoms with Crippen LogP contribution in [-0.2, 0) is 0 Å². The first-order chi connectivity index (χ1) is 6.65. The van der Waals surface area contributed by atoms with E-state index >= 15 is 0 Å². The summed E-state index contributed by atoms with van der Waals surface area (Å²) in [4.78, 5) is 0. The lowest BCUT2D eigenvalue weighted by Gasteiger charge is -2.15. The second-order valence-corrected chi connectivity index (χ2v) is 3.35. The Hall–Kier alpha value is -1.09. The molecule has 0 radical (unpaired) electrons. The van der Waals surface area contributed by atoms with Crippen molar-refractivity contribution >= 4 is 0 Å². The van der Waals surface area contributed by atoms with Crippen molar-refractivity contribution in [3.8, 4) is 5.75 Å². The Bertz CT molecular complexity index is 286. The number of hydrogen-bond acceptors (Lipinski definition) is 2. The number of hydrogen-bond donors (Lipinski definition) is 1. The van der Waals surface area contributed by atoms with E-state index in [2.05, 4.69) is 0 Å². The largest absolute Gasteiger partial charge is 0.491 e. The molecular weight excluding hydrogens is 183 g/mol. The standard InChI is InChI=1S/C11H15FO2/c1-8(2)14-11-6-4-3-5-9(11)10(12)7-13/h3-6,8,10,13H,7H2,1-2H3. The number of benzene rings is 1. The van der Waals surface area contributed by atoms with Gasteiger partial charge in [0, 0.05) is 5.56 Å². The average molecular weight is 198 g/mol. The van der Waals surface area contributed by atoms with E-state index in [4.69, 9.17) is 9.84 Å². The van der Waals surface area contributed by atoms with Crippen molar-refractivity contribution in [1.82, 2.24) is 0 Å². The van der Waals surface area contributed by atoms with E-state index in [1.807, 2.05) is 13.8 Å². The fraction of sp³-hybridized carbons (Fsp3) is 0.455. The van der Waals surface area contributed by atoms with Gasteiger partial charge in [0.15, 0.2) is 6.17 Å². The third-order valence-electron chi connectivity index (χ3n) is 1.78. The first-order valence-corrected chi connectivity index (χ1v) is 4.65. The molecule has 0 fully saturated rings. The van der Waals surface area contributed by atoms with Gasteiger partial charge in [-0.2, -0.15) is 0 Å². The molecule has 0 saturated heterocycles. The smallest absolute Gasteiger partial charge is 0.152 e. The van der Waals surface area contributed by atoms with Gasteiger partial charge in [-0.3, -0.25) is 0 Å². The molecule has 0 heterocycles. The third-order valence-corrected chi connectivity index (χ3v) is 1.78. The number of halogens is 1. The molecular formula is C11H15FO2. The summed E-state index contributed by atoms with van der Waals surface area (Å²) in [5.74, 6) is 0.504. The minimum absolute atomic E-state index is 0.00189. The number of aliphatic hydroxyl groups is 1. The molecule has 2 nitrogen and oxygen atoms in total. The van der Waals surface area contributed by atoms with Crippen LogP contribution >= 0.6 is 0 Å². The number of aliphatic hydroxyl groups excluding tert-OH is 1. The van der Waals surface area contributed by atoms with Crippen LogP contribution in [0.2, 0.25) is 0 Å². The van der Waals surface area contributed by atoms with Gasteiger partial charge in [-0.05, 0) is 19.9 Å². The molecule has 1 rings (SSSR count). The number of ether oxygens (including phenoxy) is 1. The van der Waals surface area contributed by atoms with Gasteiger partial charge in [0.2, 0.25) is 0 Å². The zero-order valence-electron chi connectivity index (χ0n) is 8.40. The molecule has 0 aromatic heterocycles. The van der Waals surface area contributed by atoms with E-state index in [-0.39, 0.29) is 6.10 Å². The van der Waals surface area contributed by atoms with Crippen molar-refractivity contribution < 1.29 is 14.2 Å². The van der Waals surface area contributed by atoms with Gasteiger partial charge in [0.1, 0.15) is 5.75 Å². The van der Waals surface area contributed by atoms with E-state index in [0.29, 0.717) is 11.3 Å². The molecule has 78 valence electrons. The van der Waals surface area contributed by atoms with Gasteiger partial charge in [-0.1, -0.05) is 18.2 Å². The number of alkyl halides is 1. The highest BCUT2D eigenvalue weighted by molar-refractivity contribution is 5.35. The number of rotatable bonds is 4. The Morgan fingerprint density at radius 2 is 2.00 bits per heavy atom. The normalized spacial score (nSPS) is 12.9. The first-order valence-electron chi connectivity index (χ1n) is 4.65.